The number of aromatic nitrogens is 1. The number of unbranched alkanes of at least 4 members (excludes halogenated alkanes) is 5. The van der Waals surface area contributed by atoms with Crippen molar-refractivity contribution in [2.24, 2.45) is 0 Å². The van der Waals surface area contributed by atoms with E-state index in [2.05, 4.69) is 84.9 Å². The molecule has 1 aliphatic heterocycles. The second-order valence-corrected chi connectivity index (χ2v) is 8.83. The van der Waals surface area contributed by atoms with Gasteiger partial charge in [0, 0.05) is 23.5 Å². The van der Waals surface area contributed by atoms with Gasteiger partial charge in [0.15, 0.2) is 0 Å². The molecule has 3 nitrogen and oxygen atoms in total. The summed E-state index contributed by atoms with van der Waals surface area (Å²) in [5.41, 5.74) is 3.66. The minimum atomic E-state index is 0.928. The Hall–Kier alpha value is -3.07. The number of benzene rings is 3. The first-order chi connectivity index (χ1) is 15.8. The maximum absolute atomic E-state index is 4.71. The van der Waals surface area contributed by atoms with E-state index in [9.17, 15) is 0 Å². The molecule has 0 unspecified atom stereocenters. The number of anilines is 3. The third-order valence-corrected chi connectivity index (χ3v) is 6.46. The predicted octanol–water partition coefficient (Wildman–Crippen LogP) is 8.01. The number of fused-ring (bicyclic) bond motifs is 6. The average Bonchev–Trinajstić information content (AvgIpc) is 3.21. The third kappa shape index (κ3) is 3.81. The highest BCUT2D eigenvalue weighted by atomic mass is 15.4. The molecule has 0 spiro atoms. The van der Waals surface area contributed by atoms with Gasteiger partial charge in [0.1, 0.15) is 5.82 Å². The van der Waals surface area contributed by atoms with E-state index in [0.717, 1.165) is 12.4 Å². The van der Waals surface area contributed by atoms with Crippen molar-refractivity contribution in [1.82, 2.24) is 4.98 Å². The molecule has 2 radical (unpaired) electrons. The Balaban J connectivity index is 1.60. The topological polar surface area (TPSA) is 19.4 Å². The zero-order chi connectivity index (χ0) is 21.9. The van der Waals surface area contributed by atoms with E-state index < -0.39 is 0 Å². The molecule has 1 aliphatic rings. The first-order valence-electron chi connectivity index (χ1n) is 12.0. The summed E-state index contributed by atoms with van der Waals surface area (Å²) in [6.07, 6.45) is 9.62. The van der Waals surface area contributed by atoms with Crippen molar-refractivity contribution in [1.29, 1.82) is 0 Å². The molecule has 0 fully saturated rings. The Morgan fingerprint density at radius 2 is 1.38 bits per heavy atom. The lowest BCUT2D eigenvalue weighted by Gasteiger charge is -2.19. The summed E-state index contributed by atoms with van der Waals surface area (Å²) in [4.78, 5) is 9.22. The molecule has 3 heteroatoms. The van der Waals surface area contributed by atoms with Crippen molar-refractivity contribution in [3.8, 4) is 0 Å². The SMILES string of the molecule is CCCCCCCCN1[C]N(c2cc(C)ccn2)c2c1c1ccccc1c1ccccc21. The third-order valence-electron chi connectivity index (χ3n) is 6.46. The minimum absolute atomic E-state index is 0.928. The molecule has 0 N–H and O–H groups in total. The molecular formula is C29H31N3. The number of hydrogen-bond acceptors (Lipinski definition) is 3. The highest BCUT2D eigenvalue weighted by molar-refractivity contribution is 6.22. The smallest absolute Gasteiger partial charge is 0.215 e. The molecule has 0 saturated heterocycles. The van der Waals surface area contributed by atoms with Crippen LogP contribution in [0.15, 0.2) is 66.9 Å². The lowest BCUT2D eigenvalue weighted by molar-refractivity contribution is 0.607. The van der Waals surface area contributed by atoms with E-state index in [-0.39, 0.29) is 0 Å². The normalized spacial score (nSPS) is 13.3. The Bertz CT molecular complexity index is 1230. The maximum atomic E-state index is 4.71. The summed E-state index contributed by atoms with van der Waals surface area (Å²) in [5.74, 6) is 0.928. The Labute approximate surface area is 191 Å². The molecule has 2 heterocycles. The standard InChI is InChI=1S/C29H31N3/c1-3-4-5-6-7-12-19-31-21-32(27-20-22(2)17-18-30-27)29-26-16-11-9-14-24(26)23-13-8-10-15-25(23)28(29)31/h8-11,13-18,20H,3-7,12,19H2,1-2H3. The van der Waals surface area contributed by atoms with Crippen molar-refractivity contribution in [3.05, 3.63) is 79.1 Å². The average molecular weight is 422 g/mol. The number of aryl methyl sites for hydroxylation is 1. The lowest BCUT2D eigenvalue weighted by atomic mass is 9.98. The fourth-order valence-electron chi connectivity index (χ4n) is 4.84. The zero-order valence-corrected chi connectivity index (χ0v) is 19.1. The van der Waals surface area contributed by atoms with Gasteiger partial charge >= 0.3 is 0 Å². The van der Waals surface area contributed by atoms with E-state index in [1.54, 1.807) is 0 Å². The first-order valence-corrected chi connectivity index (χ1v) is 12.0. The molecule has 32 heavy (non-hydrogen) atoms. The van der Waals surface area contributed by atoms with Crippen LogP contribution in [0.4, 0.5) is 17.2 Å². The van der Waals surface area contributed by atoms with Crippen LogP contribution < -0.4 is 9.80 Å². The Morgan fingerprint density at radius 3 is 2.06 bits per heavy atom. The summed E-state index contributed by atoms with van der Waals surface area (Å²) < 4.78 is 0. The van der Waals surface area contributed by atoms with Gasteiger partial charge in [-0.2, -0.15) is 0 Å². The van der Waals surface area contributed by atoms with Gasteiger partial charge in [0.05, 0.1) is 11.4 Å². The summed E-state index contributed by atoms with van der Waals surface area (Å²) >= 11 is 0. The molecule has 4 aromatic rings. The van der Waals surface area contributed by atoms with Crippen LogP contribution in [0, 0.1) is 13.6 Å². The van der Waals surface area contributed by atoms with Crippen LogP contribution >= 0.6 is 0 Å². The molecule has 0 bridgehead atoms. The monoisotopic (exact) mass is 421 g/mol. The van der Waals surface area contributed by atoms with Gasteiger partial charge in [-0.1, -0.05) is 87.6 Å². The van der Waals surface area contributed by atoms with Crippen LogP contribution in [0.25, 0.3) is 21.5 Å². The highest BCUT2D eigenvalue weighted by Crippen LogP contribution is 2.51. The molecule has 0 saturated carbocycles. The molecule has 3 aromatic carbocycles. The molecule has 162 valence electrons. The molecule has 0 aliphatic carbocycles. The summed E-state index contributed by atoms with van der Waals surface area (Å²) in [6, 6.07) is 21.7. The molecule has 0 amide bonds. The van der Waals surface area contributed by atoms with Crippen molar-refractivity contribution in [2.45, 2.75) is 52.4 Å². The molecular weight excluding hydrogens is 390 g/mol. The highest BCUT2D eigenvalue weighted by Gasteiger charge is 2.33. The number of nitrogens with zero attached hydrogens (tertiary/aromatic N) is 3. The first kappa shape index (κ1) is 20.8. The van der Waals surface area contributed by atoms with Gasteiger partial charge in [0.2, 0.25) is 6.67 Å². The van der Waals surface area contributed by atoms with E-state index in [4.69, 9.17) is 4.98 Å². The number of rotatable bonds is 8. The van der Waals surface area contributed by atoms with Gasteiger partial charge < -0.3 is 4.90 Å². The van der Waals surface area contributed by atoms with Crippen LogP contribution in [-0.2, 0) is 0 Å². The Morgan fingerprint density at radius 1 is 0.750 bits per heavy atom. The maximum Gasteiger partial charge on any atom is 0.215 e. The fraction of sp³-hybridized carbons (Fsp3) is 0.310. The molecule has 0 atom stereocenters. The summed E-state index contributed by atoms with van der Waals surface area (Å²) in [5, 5.41) is 5.12. The second kappa shape index (κ2) is 9.20. The van der Waals surface area contributed by atoms with Gasteiger partial charge in [-0.05, 0) is 41.8 Å². The molecule has 5 rings (SSSR count). The van der Waals surface area contributed by atoms with E-state index in [1.165, 1.54) is 77.0 Å². The van der Waals surface area contributed by atoms with Crippen LogP contribution in [-0.4, -0.2) is 11.5 Å². The molecule has 1 aromatic heterocycles. The quantitative estimate of drug-likeness (QED) is 0.212. The largest absolute Gasteiger partial charge is 0.339 e. The second-order valence-electron chi connectivity index (χ2n) is 8.83. The van der Waals surface area contributed by atoms with E-state index in [0.29, 0.717) is 0 Å². The van der Waals surface area contributed by atoms with Crippen LogP contribution in [0.5, 0.6) is 0 Å². The number of hydrogen-bond donors (Lipinski definition) is 0. The zero-order valence-electron chi connectivity index (χ0n) is 19.1. The summed E-state index contributed by atoms with van der Waals surface area (Å²) in [6.45, 7) is 9.06. The number of pyridine rings is 1. The minimum Gasteiger partial charge on any atom is -0.339 e. The van der Waals surface area contributed by atoms with Crippen molar-refractivity contribution >= 4 is 38.7 Å². The van der Waals surface area contributed by atoms with Gasteiger partial charge in [-0.3, -0.25) is 4.90 Å². The van der Waals surface area contributed by atoms with Gasteiger partial charge in [-0.15, -0.1) is 0 Å². The van der Waals surface area contributed by atoms with Crippen molar-refractivity contribution in [2.75, 3.05) is 16.3 Å². The van der Waals surface area contributed by atoms with Crippen LogP contribution in [0.3, 0.4) is 0 Å². The lowest BCUT2D eigenvalue weighted by Crippen LogP contribution is -2.23. The van der Waals surface area contributed by atoms with Crippen molar-refractivity contribution < 1.29 is 0 Å². The predicted molar refractivity (Wildman–Crippen MR) is 137 cm³/mol. The van der Waals surface area contributed by atoms with E-state index in [1.807, 2.05) is 12.3 Å². The van der Waals surface area contributed by atoms with E-state index >= 15 is 0 Å². The van der Waals surface area contributed by atoms with Gasteiger partial charge in [-0.25, -0.2) is 4.98 Å². The van der Waals surface area contributed by atoms with Crippen LogP contribution in [0.2, 0.25) is 0 Å². The van der Waals surface area contributed by atoms with Gasteiger partial charge in [0.25, 0.3) is 0 Å². The summed E-state index contributed by atoms with van der Waals surface area (Å²) in [7, 11) is 0. The van der Waals surface area contributed by atoms with Crippen molar-refractivity contribution in [3.63, 3.8) is 0 Å². The van der Waals surface area contributed by atoms with Crippen LogP contribution in [0.1, 0.15) is 51.0 Å². The fourth-order valence-corrected chi connectivity index (χ4v) is 4.84. The Kier molecular flexibility index (Phi) is 5.98.